The van der Waals surface area contributed by atoms with E-state index in [-0.39, 0.29) is 17.7 Å². The van der Waals surface area contributed by atoms with Gasteiger partial charge in [0, 0.05) is 57.2 Å². The molecule has 0 aromatic heterocycles. The Morgan fingerprint density at radius 2 is 1.73 bits per heavy atom. The minimum absolute atomic E-state index is 0.0132. The van der Waals surface area contributed by atoms with E-state index < -0.39 is 0 Å². The number of benzene rings is 2. The number of likely N-dealkylation sites (tertiary alicyclic amines) is 1. The summed E-state index contributed by atoms with van der Waals surface area (Å²) in [6, 6.07) is 15.5. The van der Waals surface area contributed by atoms with Gasteiger partial charge in [0.15, 0.2) is 0 Å². The Morgan fingerprint density at radius 1 is 1.03 bits per heavy atom. The summed E-state index contributed by atoms with van der Waals surface area (Å²) in [5.41, 5.74) is 1.78. The lowest BCUT2D eigenvalue weighted by Gasteiger charge is -2.39. The van der Waals surface area contributed by atoms with Crippen LogP contribution in [0.2, 0.25) is 10.0 Å². The van der Waals surface area contributed by atoms with Crippen molar-refractivity contribution in [1.29, 1.82) is 0 Å². The van der Waals surface area contributed by atoms with E-state index in [9.17, 15) is 9.59 Å². The molecule has 0 radical (unpaired) electrons. The van der Waals surface area contributed by atoms with Crippen molar-refractivity contribution in [3.8, 4) is 0 Å². The summed E-state index contributed by atoms with van der Waals surface area (Å²) in [4.78, 5) is 32.0. The van der Waals surface area contributed by atoms with E-state index in [2.05, 4.69) is 16.7 Å². The highest BCUT2D eigenvalue weighted by molar-refractivity contribution is 6.42. The number of unbranched alkanes of at least 4 members (excludes halogenated alkanes) is 1. The first-order valence-corrected chi connectivity index (χ1v) is 14.4. The molecule has 1 fully saturated rings. The Bertz CT molecular complexity index is 1010. The summed E-state index contributed by atoms with van der Waals surface area (Å²) in [5.74, 6) is 0.421. The molecular formula is C30H41Cl2N3O2. The van der Waals surface area contributed by atoms with Gasteiger partial charge < -0.3 is 14.7 Å². The van der Waals surface area contributed by atoms with Gasteiger partial charge in [-0.2, -0.15) is 0 Å². The number of carbonyl (C=O) groups excluding carboxylic acids is 2. The van der Waals surface area contributed by atoms with E-state index in [0.29, 0.717) is 34.6 Å². The molecule has 0 bridgehead atoms. The number of hydrogen-bond donors (Lipinski definition) is 0. The molecule has 0 N–H and O–H groups in total. The first kappa shape index (κ1) is 29.5. The van der Waals surface area contributed by atoms with Crippen LogP contribution >= 0.6 is 23.2 Å². The second kappa shape index (κ2) is 14.8. The molecule has 1 atom stereocenters. The number of carbonyl (C=O) groups is 2. The predicted molar refractivity (Wildman–Crippen MR) is 154 cm³/mol. The first-order valence-electron chi connectivity index (χ1n) is 13.6. The Balaban J connectivity index is 1.63. The number of halogens is 2. The molecule has 1 saturated heterocycles. The average molecular weight is 547 g/mol. The second-order valence-electron chi connectivity index (χ2n) is 10.1. The second-order valence-corrected chi connectivity index (χ2v) is 10.9. The molecule has 7 heteroatoms. The molecule has 3 rings (SSSR count). The zero-order valence-corrected chi connectivity index (χ0v) is 24.0. The largest absolute Gasteiger partial charge is 0.341 e. The molecule has 1 aliphatic rings. The van der Waals surface area contributed by atoms with Gasteiger partial charge in [-0.25, -0.2) is 0 Å². The molecule has 2 amide bonds. The topological polar surface area (TPSA) is 43.9 Å². The number of nitrogens with zero attached hydrogens (tertiary/aromatic N) is 3. The van der Waals surface area contributed by atoms with Crippen molar-refractivity contribution in [2.75, 3.05) is 39.8 Å². The molecule has 202 valence electrons. The standard InChI is InChI=1S/C30H41Cl2N3O2/c1-4-6-17-35(29(36)5-2)26-15-19-34(20-16-26)18-14-25(24-12-13-27(31)28(32)21-24)22-33(3)30(37)23-10-8-7-9-11-23/h7-13,21,25-26H,4-6,14-20,22H2,1-3H3. The highest BCUT2D eigenvalue weighted by atomic mass is 35.5. The van der Waals surface area contributed by atoms with Gasteiger partial charge in [-0.05, 0) is 62.1 Å². The van der Waals surface area contributed by atoms with Crippen molar-refractivity contribution in [2.45, 2.75) is 64.3 Å². The van der Waals surface area contributed by atoms with Crippen molar-refractivity contribution in [1.82, 2.24) is 14.7 Å². The Morgan fingerprint density at radius 3 is 2.35 bits per heavy atom. The van der Waals surface area contributed by atoms with Crippen LogP contribution in [0.4, 0.5) is 0 Å². The maximum absolute atomic E-state index is 13.0. The third kappa shape index (κ3) is 8.46. The molecule has 2 aromatic rings. The minimum atomic E-state index is 0.0132. The quantitative estimate of drug-likeness (QED) is 0.296. The van der Waals surface area contributed by atoms with Crippen LogP contribution in [0.5, 0.6) is 0 Å². The molecule has 37 heavy (non-hydrogen) atoms. The van der Waals surface area contributed by atoms with Gasteiger partial charge in [0.25, 0.3) is 5.91 Å². The normalized spacial score (nSPS) is 15.4. The average Bonchev–Trinajstić information content (AvgIpc) is 2.93. The summed E-state index contributed by atoms with van der Waals surface area (Å²) in [6.07, 6.45) is 5.67. The van der Waals surface area contributed by atoms with Gasteiger partial charge in [0.1, 0.15) is 0 Å². The third-order valence-electron chi connectivity index (χ3n) is 7.44. The maximum Gasteiger partial charge on any atom is 0.253 e. The smallest absolute Gasteiger partial charge is 0.253 e. The summed E-state index contributed by atoms with van der Waals surface area (Å²) >= 11 is 12.6. The number of rotatable bonds is 12. The van der Waals surface area contributed by atoms with Crippen LogP contribution in [0, 0.1) is 0 Å². The van der Waals surface area contributed by atoms with E-state index in [1.54, 1.807) is 4.90 Å². The van der Waals surface area contributed by atoms with Crippen LogP contribution in [-0.4, -0.2) is 72.3 Å². The van der Waals surface area contributed by atoms with Crippen molar-refractivity contribution in [3.63, 3.8) is 0 Å². The van der Waals surface area contributed by atoms with Gasteiger partial charge in [-0.15, -0.1) is 0 Å². The van der Waals surface area contributed by atoms with Gasteiger partial charge in [-0.1, -0.05) is 67.7 Å². The van der Waals surface area contributed by atoms with Crippen molar-refractivity contribution >= 4 is 35.0 Å². The third-order valence-corrected chi connectivity index (χ3v) is 8.18. The zero-order chi connectivity index (χ0) is 26.8. The summed E-state index contributed by atoms with van der Waals surface area (Å²) in [5, 5.41) is 1.07. The molecule has 2 aromatic carbocycles. The lowest BCUT2D eigenvalue weighted by atomic mass is 9.93. The van der Waals surface area contributed by atoms with Crippen LogP contribution in [-0.2, 0) is 4.79 Å². The number of piperidine rings is 1. The number of amides is 2. The fraction of sp³-hybridized carbons (Fsp3) is 0.533. The van der Waals surface area contributed by atoms with Gasteiger partial charge in [-0.3, -0.25) is 9.59 Å². The number of hydrogen-bond acceptors (Lipinski definition) is 3. The Labute approximate surface area is 232 Å². The van der Waals surface area contributed by atoms with E-state index in [0.717, 1.165) is 63.8 Å². The molecule has 0 saturated carbocycles. The highest BCUT2D eigenvalue weighted by Crippen LogP contribution is 2.30. The fourth-order valence-corrected chi connectivity index (χ4v) is 5.49. The number of likely N-dealkylation sites (N-methyl/N-ethyl adjacent to an activating group) is 1. The van der Waals surface area contributed by atoms with Gasteiger partial charge >= 0.3 is 0 Å². The van der Waals surface area contributed by atoms with E-state index in [4.69, 9.17) is 23.2 Å². The fourth-order valence-electron chi connectivity index (χ4n) is 5.18. The molecule has 1 unspecified atom stereocenters. The summed E-state index contributed by atoms with van der Waals surface area (Å²) in [6.45, 7) is 8.49. The maximum atomic E-state index is 13.0. The molecule has 1 aliphatic heterocycles. The highest BCUT2D eigenvalue weighted by Gasteiger charge is 2.27. The van der Waals surface area contributed by atoms with Gasteiger partial charge in [0.05, 0.1) is 10.0 Å². The summed E-state index contributed by atoms with van der Waals surface area (Å²) in [7, 11) is 1.86. The van der Waals surface area contributed by atoms with Gasteiger partial charge in [0.2, 0.25) is 5.91 Å². The van der Waals surface area contributed by atoms with Crippen LogP contribution < -0.4 is 0 Å². The molecular weight excluding hydrogens is 505 g/mol. The van der Waals surface area contributed by atoms with E-state index >= 15 is 0 Å². The predicted octanol–water partition coefficient (Wildman–Crippen LogP) is 6.74. The molecule has 0 aliphatic carbocycles. The molecule has 1 heterocycles. The molecule has 5 nitrogen and oxygen atoms in total. The van der Waals surface area contributed by atoms with Crippen molar-refractivity contribution < 1.29 is 9.59 Å². The SMILES string of the molecule is CCCCN(C(=O)CC)C1CCN(CCC(CN(C)C(=O)c2ccccc2)c2ccc(Cl)c(Cl)c2)CC1. The minimum Gasteiger partial charge on any atom is -0.341 e. The van der Waals surface area contributed by atoms with Crippen LogP contribution in [0.25, 0.3) is 0 Å². The lowest BCUT2D eigenvalue weighted by Crippen LogP contribution is -2.48. The van der Waals surface area contributed by atoms with Crippen LogP contribution in [0.1, 0.15) is 74.2 Å². The Kier molecular flexibility index (Phi) is 11.8. The zero-order valence-electron chi connectivity index (χ0n) is 22.5. The first-order chi connectivity index (χ1) is 17.8. The van der Waals surface area contributed by atoms with Crippen LogP contribution in [0.3, 0.4) is 0 Å². The van der Waals surface area contributed by atoms with E-state index in [1.807, 2.05) is 62.5 Å². The lowest BCUT2D eigenvalue weighted by molar-refractivity contribution is -0.134. The van der Waals surface area contributed by atoms with E-state index in [1.165, 1.54) is 0 Å². The summed E-state index contributed by atoms with van der Waals surface area (Å²) < 4.78 is 0. The Hall–Kier alpha value is -2.08. The van der Waals surface area contributed by atoms with Crippen molar-refractivity contribution in [2.24, 2.45) is 0 Å². The molecule has 0 spiro atoms. The van der Waals surface area contributed by atoms with Crippen LogP contribution in [0.15, 0.2) is 48.5 Å². The van der Waals surface area contributed by atoms with Crippen molar-refractivity contribution in [3.05, 3.63) is 69.7 Å². The monoisotopic (exact) mass is 545 g/mol.